The van der Waals surface area contributed by atoms with Gasteiger partial charge in [-0.05, 0) is 31.0 Å². The van der Waals surface area contributed by atoms with E-state index in [1.807, 2.05) is 0 Å². The molecular formula is C13H14BrF3N2O. The predicted molar refractivity (Wildman–Crippen MR) is 72.3 cm³/mol. The average Bonchev–Trinajstić information content (AvgIpc) is 2.85. The number of carbonyl (C=O) groups is 1. The number of benzene rings is 1. The minimum Gasteiger partial charge on any atom is -0.334 e. The van der Waals surface area contributed by atoms with Gasteiger partial charge in [-0.1, -0.05) is 15.9 Å². The second kappa shape index (κ2) is 5.73. The maximum absolute atomic E-state index is 12.8. The highest BCUT2D eigenvalue weighted by Gasteiger charge is 2.35. The summed E-state index contributed by atoms with van der Waals surface area (Å²) in [6, 6.07) is 3.45. The van der Waals surface area contributed by atoms with Crippen molar-refractivity contribution in [1.82, 2.24) is 4.90 Å². The van der Waals surface area contributed by atoms with Crippen molar-refractivity contribution >= 4 is 21.8 Å². The van der Waals surface area contributed by atoms with Crippen LogP contribution in [-0.2, 0) is 6.18 Å². The van der Waals surface area contributed by atoms with Crippen LogP contribution >= 0.6 is 15.9 Å². The van der Waals surface area contributed by atoms with E-state index in [1.165, 1.54) is 12.1 Å². The van der Waals surface area contributed by atoms with E-state index in [9.17, 15) is 18.0 Å². The number of hydrogen-bond donors (Lipinski definition) is 1. The number of likely N-dealkylation sites (tertiary alicyclic amines) is 1. The molecule has 1 aliphatic rings. The molecule has 0 aliphatic carbocycles. The molecule has 1 fully saturated rings. The largest absolute Gasteiger partial charge is 0.417 e. The second-order valence-corrected chi connectivity index (χ2v) is 5.58. The van der Waals surface area contributed by atoms with Crippen LogP contribution in [0.3, 0.4) is 0 Å². The predicted octanol–water partition coefficient (Wildman–Crippen LogP) is 3.03. The average molecular weight is 351 g/mol. The Balaban J connectivity index is 2.31. The van der Waals surface area contributed by atoms with Crippen molar-refractivity contribution in [3.05, 3.63) is 33.8 Å². The standard InChI is InChI=1S/C13H14BrF3N2O/c14-11-4-3-8(6-10(11)13(15,16)17)12(20)19-5-1-2-9(19)7-18/h3-4,6,9H,1-2,5,7,18H2. The highest BCUT2D eigenvalue weighted by molar-refractivity contribution is 9.10. The van der Waals surface area contributed by atoms with Gasteiger partial charge in [0.25, 0.3) is 5.91 Å². The summed E-state index contributed by atoms with van der Waals surface area (Å²) in [4.78, 5) is 13.9. The molecule has 7 heteroatoms. The van der Waals surface area contributed by atoms with Crippen LogP contribution in [0.2, 0.25) is 0 Å². The first-order valence-corrected chi connectivity index (χ1v) is 7.01. The van der Waals surface area contributed by atoms with Crippen LogP contribution in [0.5, 0.6) is 0 Å². The van der Waals surface area contributed by atoms with Crippen LogP contribution in [0.25, 0.3) is 0 Å². The molecule has 3 nitrogen and oxygen atoms in total. The minimum absolute atomic E-state index is 0.0425. The molecule has 0 aromatic heterocycles. The van der Waals surface area contributed by atoms with Crippen LogP contribution in [0, 0.1) is 0 Å². The van der Waals surface area contributed by atoms with Crippen LogP contribution in [0.1, 0.15) is 28.8 Å². The van der Waals surface area contributed by atoms with Crippen LogP contribution in [0.4, 0.5) is 13.2 Å². The van der Waals surface area contributed by atoms with Crippen molar-refractivity contribution in [2.75, 3.05) is 13.1 Å². The first-order valence-electron chi connectivity index (χ1n) is 6.22. The van der Waals surface area contributed by atoms with E-state index in [2.05, 4.69) is 15.9 Å². The number of alkyl halides is 3. The molecule has 1 aromatic carbocycles. The number of hydrogen-bond acceptors (Lipinski definition) is 2. The molecule has 2 rings (SSSR count). The number of carbonyl (C=O) groups excluding carboxylic acids is 1. The third-order valence-corrected chi connectivity index (χ3v) is 4.12. The second-order valence-electron chi connectivity index (χ2n) is 4.72. The van der Waals surface area contributed by atoms with Gasteiger partial charge in [-0.15, -0.1) is 0 Å². The third kappa shape index (κ3) is 2.98. The van der Waals surface area contributed by atoms with E-state index in [0.29, 0.717) is 13.1 Å². The van der Waals surface area contributed by atoms with Crippen molar-refractivity contribution in [3.8, 4) is 0 Å². The van der Waals surface area contributed by atoms with Crippen molar-refractivity contribution in [2.24, 2.45) is 5.73 Å². The molecule has 1 aromatic rings. The fourth-order valence-corrected chi connectivity index (χ4v) is 2.86. The van der Waals surface area contributed by atoms with Gasteiger partial charge in [0.2, 0.25) is 0 Å². The lowest BCUT2D eigenvalue weighted by Crippen LogP contribution is -2.40. The monoisotopic (exact) mass is 350 g/mol. The third-order valence-electron chi connectivity index (χ3n) is 3.43. The molecule has 1 heterocycles. The lowest BCUT2D eigenvalue weighted by Gasteiger charge is -2.24. The highest BCUT2D eigenvalue weighted by atomic mass is 79.9. The van der Waals surface area contributed by atoms with Crippen LogP contribution < -0.4 is 5.73 Å². The Bertz CT molecular complexity index is 519. The highest BCUT2D eigenvalue weighted by Crippen LogP contribution is 2.35. The van der Waals surface area contributed by atoms with Gasteiger partial charge in [-0.2, -0.15) is 13.2 Å². The van der Waals surface area contributed by atoms with Crippen molar-refractivity contribution in [3.63, 3.8) is 0 Å². The first kappa shape index (κ1) is 15.3. The quantitative estimate of drug-likeness (QED) is 0.890. The van der Waals surface area contributed by atoms with Crippen LogP contribution in [0.15, 0.2) is 22.7 Å². The van der Waals surface area contributed by atoms with Gasteiger partial charge in [0.1, 0.15) is 0 Å². The molecule has 1 atom stereocenters. The molecule has 1 unspecified atom stereocenters. The lowest BCUT2D eigenvalue weighted by molar-refractivity contribution is -0.138. The fourth-order valence-electron chi connectivity index (χ4n) is 2.39. The summed E-state index contributed by atoms with van der Waals surface area (Å²) in [5.41, 5.74) is 4.78. The molecule has 1 amide bonds. The zero-order valence-electron chi connectivity index (χ0n) is 10.6. The van der Waals surface area contributed by atoms with E-state index in [0.717, 1.165) is 18.9 Å². The summed E-state index contributed by atoms with van der Waals surface area (Å²) < 4.78 is 38.4. The van der Waals surface area contributed by atoms with E-state index in [-0.39, 0.29) is 16.1 Å². The number of nitrogens with two attached hydrogens (primary N) is 1. The molecule has 0 saturated carbocycles. The molecule has 20 heavy (non-hydrogen) atoms. The summed E-state index contributed by atoms with van der Waals surface area (Å²) >= 11 is 2.86. The Kier molecular flexibility index (Phi) is 4.39. The van der Waals surface area contributed by atoms with Crippen LogP contribution in [-0.4, -0.2) is 29.9 Å². The van der Waals surface area contributed by atoms with Gasteiger partial charge in [0.15, 0.2) is 0 Å². The summed E-state index contributed by atoms with van der Waals surface area (Å²) in [5.74, 6) is -0.393. The Morgan fingerprint density at radius 2 is 2.15 bits per heavy atom. The van der Waals surface area contributed by atoms with E-state index >= 15 is 0 Å². The minimum atomic E-state index is -4.49. The molecule has 2 N–H and O–H groups in total. The summed E-state index contributed by atoms with van der Waals surface area (Å²) in [7, 11) is 0. The van der Waals surface area contributed by atoms with Gasteiger partial charge in [0.05, 0.1) is 5.56 Å². The van der Waals surface area contributed by atoms with Gasteiger partial charge in [-0.3, -0.25) is 4.79 Å². The smallest absolute Gasteiger partial charge is 0.334 e. The molecule has 110 valence electrons. The fraction of sp³-hybridized carbons (Fsp3) is 0.462. The number of rotatable bonds is 2. The zero-order valence-corrected chi connectivity index (χ0v) is 12.2. The van der Waals surface area contributed by atoms with Gasteiger partial charge >= 0.3 is 6.18 Å². The zero-order chi connectivity index (χ0) is 14.9. The van der Waals surface area contributed by atoms with Crippen molar-refractivity contribution < 1.29 is 18.0 Å². The maximum Gasteiger partial charge on any atom is 0.417 e. The van der Waals surface area contributed by atoms with Gasteiger partial charge in [0, 0.05) is 29.2 Å². The van der Waals surface area contributed by atoms with E-state index in [1.54, 1.807) is 4.90 Å². The Hall–Kier alpha value is -1.08. The normalized spacial score (nSPS) is 19.4. The van der Waals surface area contributed by atoms with E-state index in [4.69, 9.17) is 5.73 Å². The molecule has 0 bridgehead atoms. The topological polar surface area (TPSA) is 46.3 Å². The van der Waals surface area contributed by atoms with E-state index < -0.39 is 17.6 Å². The number of amides is 1. The first-order chi connectivity index (χ1) is 9.34. The SMILES string of the molecule is NCC1CCCN1C(=O)c1ccc(Br)c(C(F)(F)F)c1. The number of halogens is 4. The van der Waals surface area contributed by atoms with Crippen molar-refractivity contribution in [1.29, 1.82) is 0 Å². The molecule has 0 spiro atoms. The summed E-state index contributed by atoms with van der Waals surface area (Å²) in [6.07, 6.45) is -2.87. The molecule has 0 radical (unpaired) electrons. The Labute approximate surface area is 123 Å². The Morgan fingerprint density at radius 1 is 1.45 bits per heavy atom. The Morgan fingerprint density at radius 3 is 2.75 bits per heavy atom. The molecule has 1 aliphatic heterocycles. The summed E-state index contributed by atoms with van der Waals surface area (Å²) in [6.45, 7) is 0.868. The van der Waals surface area contributed by atoms with Crippen molar-refractivity contribution in [2.45, 2.75) is 25.1 Å². The maximum atomic E-state index is 12.8. The summed E-state index contributed by atoms with van der Waals surface area (Å²) in [5, 5.41) is 0. The van der Waals surface area contributed by atoms with Gasteiger partial charge in [-0.25, -0.2) is 0 Å². The molecular weight excluding hydrogens is 337 g/mol. The van der Waals surface area contributed by atoms with Gasteiger partial charge < -0.3 is 10.6 Å². The number of nitrogens with zero attached hydrogens (tertiary/aromatic N) is 1. The lowest BCUT2D eigenvalue weighted by atomic mass is 10.1. The molecule has 1 saturated heterocycles.